The van der Waals surface area contributed by atoms with Crippen LogP contribution >= 0.6 is 0 Å². The molecule has 0 fully saturated rings. The Morgan fingerprint density at radius 2 is 2.50 bits per heavy atom. The zero-order chi connectivity index (χ0) is 8.81. The molecule has 1 aliphatic rings. The van der Waals surface area contributed by atoms with Gasteiger partial charge in [0.2, 0.25) is 0 Å². The molecule has 1 aliphatic carbocycles. The summed E-state index contributed by atoms with van der Waals surface area (Å²) in [6.07, 6.45) is 11.8. The van der Waals surface area contributed by atoms with Crippen molar-refractivity contribution >= 4 is 0 Å². The third-order valence-corrected chi connectivity index (χ3v) is 2.04. The lowest BCUT2D eigenvalue weighted by atomic mass is 9.92. The van der Waals surface area contributed by atoms with Gasteiger partial charge in [0.05, 0.1) is 6.61 Å². The van der Waals surface area contributed by atoms with Gasteiger partial charge in [0.25, 0.3) is 0 Å². The molecule has 0 heterocycles. The predicted octanol–water partition coefficient (Wildman–Crippen LogP) is 2.71. The second kappa shape index (κ2) is 4.94. The van der Waals surface area contributed by atoms with Crippen molar-refractivity contribution in [3.05, 3.63) is 36.0 Å². The van der Waals surface area contributed by atoms with Crippen molar-refractivity contribution in [2.45, 2.75) is 13.3 Å². The van der Waals surface area contributed by atoms with Crippen molar-refractivity contribution in [2.75, 3.05) is 13.7 Å². The van der Waals surface area contributed by atoms with E-state index in [1.54, 1.807) is 7.11 Å². The normalized spacial score (nSPS) is 23.2. The van der Waals surface area contributed by atoms with Crippen LogP contribution in [0.15, 0.2) is 36.0 Å². The minimum Gasteiger partial charge on any atom is -0.384 e. The van der Waals surface area contributed by atoms with Crippen LogP contribution in [0.2, 0.25) is 0 Å². The van der Waals surface area contributed by atoms with Crippen molar-refractivity contribution in [3.8, 4) is 0 Å². The highest BCUT2D eigenvalue weighted by Gasteiger charge is 2.11. The summed E-state index contributed by atoms with van der Waals surface area (Å²) in [7, 11) is 1.76. The molecule has 0 aromatic carbocycles. The number of allylic oxidation sites excluding steroid dienone is 5. The van der Waals surface area contributed by atoms with Crippen molar-refractivity contribution in [1.29, 1.82) is 0 Å². The van der Waals surface area contributed by atoms with Gasteiger partial charge in [-0.15, -0.1) is 0 Å². The van der Waals surface area contributed by atoms with Crippen molar-refractivity contribution in [2.24, 2.45) is 5.92 Å². The highest BCUT2D eigenvalue weighted by Crippen LogP contribution is 2.21. The summed E-state index contributed by atoms with van der Waals surface area (Å²) in [6, 6.07) is 0. The summed E-state index contributed by atoms with van der Waals surface area (Å²) in [5.74, 6) is 0.552. The first kappa shape index (κ1) is 9.27. The number of hydrogen-bond acceptors (Lipinski definition) is 1. The monoisotopic (exact) mass is 164 g/mol. The quantitative estimate of drug-likeness (QED) is 0.623. The van der Waals surface area contributed by atoms with E-state index in [0.717, 1.165) is 13.0 Å². The Morgan fingerprint density at radius 1 is 1.67 bits per heavy atom. The Bertz CT molecular complexity index is 211. The van der Waals surface area contributed by atoms with Gasteiger partial charge in [-0.25, -0.2) is 0 Å². The average molecular weight is 164 g/mol. The van der Waals surface area contributed by atoms with Gasteiger partial charge in [-0.2, -0.15) is 0 Å². The maximum absolute atomic E-state index is 5.15. The Hall–Kier alpha value is -0.820. The van der Waals surface area contributed by atoms with E-state index in [-0.39, 0.29) is 0 Å². The zero-order valence-corrected chi connectivity index (χ0v) is 7.79. The van der Waals surface area contributed by atoms with Crippen LogP contribution in [-0.2, 0) is 4.74 Å². The van der Waals surface area contributed by atoms with Gasteiger partial charge < -0.3 is 4.74 Å². The Kier molecular flexibility index (Phi) is 3.81. The SMILES string of the molecule is C/C=C/C1=CC=CCC1COC. The molecule has 0 radical (unpaired) electrons. The van der Waals surface area contributed by atoms with Crippen LogP contribution in [-0.4, -0.2) is 13.7 Å². The Morgan fingerprint density at radius 3 is 3.17 bits per heavy atom. The van der Waals surface area contributed by atoms with Crippen molar-refractivity contribution in [1.82, 2.24) is 0 Å². The van der Waals surface area contributed by atoms with Gasteiger partial charge in [0.1, 0.15) is 0 Å². The Labute approximate surface area is 74.4 Å². The zero-order valence-electron chi connectivity index (χ0n) is 7.79. The smallest absolute Gasteiger partial charge is 0.0533 e. The molecule has 1 heteroatoms. The third-order valence-electron chi connectivity index (χ3n) is 2.04. The van der Waals surface area contributed by atoms with Gasteiger partial charge in [0, 0.05) is 13.0 Å². The molecule has 0 saturated carbocycles. The molecule has 0 saturated heterocycles. The molecule has 12 heavy (non-hydrogen) atoms. The lowest BCUT2D eigenvalue weighted by Gasteiger charge is -2.17. The van der Waals surface area contributed by atoms with Crippen LogP contribution in [0.4, 0.5) is 0 Å². The summed E-state index contributed by atoms with van der Waals surface area (Å²) in [5, 5.41) is 0. The first-order valence-electron chi connectivity index (χ1n) is 4.37. The van der Waals surface area contributed by atoms with E-state index in [4.69, 9.17) is 4.74 Å². The van der Waals surface area contributed by atoms with Crippen LogP contribution in [0, 0.1) is 5.92 Å². The van der Waals surface area contributed by atoms with Crippen molar-refractivity contribution < 1.29 is 4.74 Å². The van der Waals surface area contributed by atoms with Gasteiger partial charge in [-0.05, 0) is 18.9 Å². The maximum Gasteiger partial charge on any atom is 0.0533 e. The fraction of sp³-hybridized carbons (Fsp3) is 0.455. The fourth-order valence-corrected chi connectivity index (χ4v) is 1.44. The number of ether oxygens (including phenoxy) is 1. The van der Waals surface area contributed by atoms with Crippen LogP contribution in [0.3, 0.4) is 0 Å². The lowest BCUT2D eigenvalue weighted by molar-refractivity contribution is 0.167. The van der Waals surface area contributed by atoms with E-state index >= 15 is 0 Å². The molecule has 0 N–H and O–H groups in total. The van der Waals surface area contributed by atoms with E-state index < -0.39 is 0 Å². The fourth-order valence-electron chi connectivity index (χ4n) is 1.44. The lowest BCUT2D eigenvalue weighted by Crippen LogP contribution is -2.10. The van der Waals surface area contributed by atoms with E-state index in [2.05, 4.69) is 30.4 Å². The highest BCUT2D eigenvalue weighted by atomic mass is 16.5. The first-order valence-corrected chi connectivity index (χ1v) is 4.37. The van der Waals surface area contributed by atoms with E-state index in [9.17, 15) is 0 Å². The summed E-state index contributed by atoms with van der Waals surface area (Å²) in [4.78, 5) is 0. The molecule has 1 nitrogen and oxygen atoms in total. The molecule has 0 aromatic heterocycles. The number of methoxy groups -OCH3 is 1. The van der Waals surface area contributed by atoms with Gasteiger partial charge in [0.15, 0.2) is 0 Å². The van der Waals surface area contributed by atoms with E-state index in [1.165, 1.54) is 5.57 Å². The summed E-state index contributed by atoms with van der Waals surface area (Å²) in [5.41, 5.74) is 1.38. The topological polar surface area (TPSA) is 9.23 Å². The molecule has 0 amide bonds. The van der Waals surface area contributed by atoms with Crippen LogP contribution in [0.25, 0.3) is 0 Å². The average Bonchev–Trinajstić information content (AvgIpc) is 2.09. The molecule has 0 spiro atoms. The Balaban J connectivity index is 2.62. The minimum absolute atomic E-state index is 0.552. The predicted molar refractivity (Wildman–Crippen MR) is 52.0 cm³/mol. The largest absolute Gasteiger partial charge is 0.384 e. The summed E-state index contributed by atoms with van der Waals surface area (Å²) < 4.78 is 5.15. The van der Waals surface area contributed by atoms with Gasteiger partial charge >= 0.3 is 0 Å². The van der Waals surface area contributed by atoms with Crippen molar-refractivity contribution in [3.63, 3.8) is 0 Å². The maximum atomic E-state index is 5.15. The third kappa shape index (κ3) is 2.35. The highest BCUT2D eigenvalue weighted by molar-refractivity contribution is 5.29. The van der Waals surface area contributed by atoms with Crippen LogP contribution in [0.5, 0.6) is 0 Å². The van der Waals surface area contributed by atoms with E-state index in [1.807, 2.05) is 6.92 Å². The molecule has 0 aromatic rings. The van der Waals surface area contributed by atoms with E-state index in [0.29, 0.717) is 5.92 Å². The summed E-state index contributed by atoms with van der Waals surface area (Å²) in [6.45, 7) is 2.86. The summed E-state index contributed by atoms with van der Waals surface area (Å²) >= 11 is 0. The van der Waals surface area contributed by atoms with Gasteiger partial charge in [-0.3, -0.25) is 0 Å². The van der Waals surface area contributed by atoms with Crippen LogP contribution in [0.1, 0.15) is 13.3 Å². The minimum atomic E-state index is 0.552. The molecular weight excluding hydrogens is 148 g/mol. The van der Waals surface area contributed by atoms with Gasteiger partial charge in [-0.1, -0.05) is 30.4 Å². The second-order valence-electron chi connectivity index (χ2n) is 2.98. The molecule has 0 aliphatic heterocycles. The number of hydrogen-bond donors (Lipinski definition) is 0. The molecular formula is C11H16O. The first-order chi connectivity index (χ1) is 5.88. The standard InChI is InChI=1S/C11H16O/c1-3-6-10-7-4-5-8-11(10)9-12-2/h3-7,11H,8-9H2,1-2H3/b6-3+. The molecule has 0 bridgehead atoms. The molecule has 1 atom stereocenters. The van der Waals surface area contributed by atoms with Crippen LogP contribution < -0.4 is 0 Å². The molecule has 1 unspecified atom stereocenters. The number of rotatable bonds is 3. The molecule has 1 rings (SSSR count). The molecule has 66 valence electrons. The second-order valence-corrected chi connectivity index (χ2v) is 2.98.